The standard InChI is InChI=1S/C20H18F3N3O3S/c21-20(22,23)10-29-12-6-4-11(5-7-12)24-16(27)9-8-15-25-18(28)17-13-2-1-3-14(13)30-19(17)26-15/h4-7H,1-3,8-10H2,(H,24,27)(H,25,26,28). The first-order valence-electron chi connectivity index (χ1n) is 9.41. The number of halogens is 3. The first kappa shape index (κ1) is 20.4. The SMILES string of the molecule is O=C(CCc1nc2sc3c(c2c(=O)[nH]1)CCC3)Nc1ccc(OCC(F)(F)F)cc1. The van der Waals surface area contributed by atoms with Gasteiger partial charge in [-0.3, -0.25) is 9.59 Å². The van der Waals surface area contributed by atoms with Crippen LogP contribution < -0.4 is 15.6 Å². The van der Waals surface area contributed by atoms with Crippen molar-refractivity contribution in [3.63, 3.8) is 0 Å². The van der Waals surface area contributed by atoms with Gasteiger partial charge in [-0.2, -0.15) is 13.2 Å². The number of alkyl halides is 3. The molecule has 1 amide bonds. The summed E-state index contributed by atoms with van der Waals surface area (Å²) in [5.74, 6) is 0.220. The highest BCUT2D eigenvalue weighted by atomic mass is 32.1. The molecule has 0 atom stereocenters. The first-order valence-corrected chi connectivity index (χ1v) is 10.2. The number of rotatable bonds is 6. The number of hydrogen-bond acceptors (Lipinski definition) is 5. The van der Waals surface area contributed by atoms with Gasteiger partial charge in [0.05, 0.1) is 5.39 Å². The number of benzene rings is 1. The van der Waals surface area contributed by atoms with E-state index in [1.54, 1.807) is 11.3 Å². The molecule has 1 aliphatic carbocycles. The lowest BCUT2D eigenvalue weighted by Crippen LogP contribution is -2.19. The van der Waals surface area contributed by atoms with Crippen molar-refractivity contribution in [2.24, 2.45) is 0 Å². The Morgan fingerprint density at radius 3 is 2.73 bits per heavy atom. The number of nitrogens with zero attached hydrogens (tertiary/aromatic N) is 1. The number of carbonyl (C=O) groups excluding carboxylic acids is 1. The molecular weight excluding hydrogens is 419 g/mol. The van der Waals surface area contributed by atoms with Crippen LogP contribution in [0.4, 0.5) is 18.9 Å². The van der Waals surface area contributed by atoms with E-state index in [1.165, 1.54) is 29.1 Å². The van der Waals surface area contributed by atoms with Crippen molar-refractivity contribution in [2.75, 3.05) is 11.9 Å². The van der Waals surface area contributed by atoms with Crippen molar-refractivity contribution in [2.45, 2.75) is 38.3 Å². The van der Waals surface area contributed by atoms with Gasteiger partial charge in [0.2, 0.25) is 5.91 Å². The second kappa shape index (κ2) is 8.10. The monoisotopic (exact) mass is 437 g/mol. The zero-order chi connectivity index (χ0) is 21.3. The first-order chi connectivity index (χ1) is 14.3. The fraction of sp³-hybridized carbons (Fsp3) is 0.350. The topological polar surface area (TPSA) is 84.1 Å². The van der Waals surface area contributed by atoms with Crippen LogP contribution in [-0.4, -0.2) is 28.7 Å². The predicted octanol–water partition coefficient (Wildman–Crippen LogP) is 3.99. The van der Waals surface area contributed by atoms with E-state index in [2.05, 4.69) is 20.0 Å². The maximum atomic E-state index is 12.4. The Labute approximate surface area is 173 Å². The van der Waals surface area contributed by atoms with Gasteiger partial charge in [-0.15, -0.1) is 11.3 Å². The number of amides is 1. The van der Waals surface area contributed by atoms with E-state index in [1.807, 2.05) is 0 Å². The third-order valence-electron chi connectivity index (χ3n) is 4.75. The lowest BCUT2D eigenvalue weighted by Gasteiger charge is -2.10. The van der Waals surface area contributed by atoms with Crippen LogP contribution in [0.5, 0.6) is 5.75 Å². The van der Waals surface area contributed by atoms with E-state index >= 15 is 0 Å². The molecule has 0 fully saturated rings. The number of aromatic amines is 1. The minimum Gasteiger partial charge on any atom is -0.484 e. The van der Waals surface area contributed by atoms with E-state index in [4.69, 9.17) is 0 Å². The molecule has 1 aromatic carbocycles. The lowest BCUT2D eigenvalue weighted by atomic mass is 10.2. The van der Waals surface area contributed by atoms with Gasteiger partial charge in [0.15, 0.2) is 6.61 Å². The molecule has 2 heterocycles. The number of hydrogen-bond donors (Lipinski definition) is 2. The number of aromatic nitrogens is 2. The third kappa shape index (κ3) is 4.64. The number of anilines is 1. The van der Waals surface area contributed by atoms with Crippen molar-refractivity contribution in [1.82, 2.24) is 9.97 Å². The summed E-state index contributed by atoms with van der Waals surface area (Å²) in [6.45, 7) is -1.37. The van der Waals surface area contributed by atoms with Gasteiger partial charge < -0.3 is 15.0 Å². The van der Waals surface area contributed by atoms with Gasteiger partial charge in [-0.1, -0.05) is 0 Å². The summed E-state index contributed by atoms with van der Waals surface area (Å²) < 4.78 is 41.1. The highest BCUT2D eigenvalue weighted by Gasteiger charge is 2.28. The number of ether oxygens (including phenoxy) is 1. The molecule has 0 bridgehead atoms. The Hall–Kier alpha value is -2.88. The maximum Gasteiger partial charge on any atom is 0.422 e. The molecule has 6 nitrogen and oxygen atoms in total. The van der Waals surface area contributed by atoms with Gasteiger partial charge >= 0.3 is 6.18 Å². The largest absolute Gasteiger partial charge is 0.484 e. The molecule has 0 radical (unpaired) electrons. The van der Waals surface area contributed by atoms with Crippen LogP contribution in [0, 0.1) is 0 Å². The van der Waals surface area contributed by atoms with Gasteiger partial charge in [-0.05, 0) is 49.1 Å². The van der Waals surface area contributed by atoms with Crippen LogP contribution in [0.25, 0.3) is 10.2 Å². The van der Waals surface area contributed by atoms with Crippen LogP contribution >= 0.6 is 11.3 Å². The van der Waals surface area contributed by atoms with E-state index in [-0.39, 0.29) is 30.1 Å². The molecule has 158 valence electrons. The molecule has 0 saturated heterocycles. The minimum absolute atomic E-state index is 0.0586. The normalized spacial score (nSPS) is 13.4. The smallest absolute Gasteiger partial charge is 0.422 e. The van der Waals surface area contributed by atoms with Gasteiger partial charge in [0.25, 0.3) is 5.56 Å². The summed E-state index contributed by atoms with van der Waals surface area (Å²) >= 11 is 1.54. The van der Waals surface area contributed by atoms with Gasteiger partial charge in [0, 0.05) is 23.4 Å². The minimum atomic E-state index is -4.41. The Morgan fingerprint density at radius 1 is 1.23 bits per heavy atom. The molecule has 30 heavy (non-hydrogen) atoms. The van der Waals surface area contributed by atoms with Crippen molar-refractivity contribution in [1.29, 1.82) is 0 Å². The summed E-state index contributed by atoms with van der Waals surface area (Å²) in [5.41, 5.74) is 1.38. The van der Waals surface area contributed by atoms with Crippen molar-refractivity contribution < 1.29 is 22.7 Å². The Kier molecular flexibility index (Phi) is 5.50. The molecular formula is C20H18F3N3O3S. The number of fused-ring (bicyclic) bond motifs is 3. The number of thiophene rings is 1. The molecule has 0 aliphatic heterocycles. The summed E-state index contributed by atoms with van der Waals surface area (Å²) in [4.78, 5) is 33.8. The van der Waals surface area contributed by atoms with E-state index in [0.717, 1.165) is 24.8 Å². The second-order valence-electron chi connectivity index (χ2n) is 7.03. The molecule has 0 saturated carbocycles. The highest BCUT2D eigenvalue weighted by molar-refractivity contribution is 7.18. The highest BCUT2D eigenvalue weighted by Crippen LogP contribution is 2.34. The van der Waals surface area contributed by atoms with Gasteiger partial charge in [0.1, 0.15) is 16.4 Å². The molecule has 4 rings (SSSR count). The zero-order valence-corrected chi connectivity index (χ0v) is 16.6. The number of H-pyrrole nitrogens is 1. The molecule has 0 spiro atoms. The number of nitrogens with one attached hydrogen (secondary N) is 2. The number of aryl methyl sites for hydroxylation is 3. The average Bonchev–Trinajstić information content (AvgIpc) is 3.26. The Morgan fingerprint density at radius 2 is 2.00 bits per heavy atom. The zero-order valence-electron chi connectivity index (χ0n) is 15.8. The average molecular weight is 437 g/mol. The van der Waals surface area contributed by atoms with Crippen LogP contribution in [0.15, 0.2) is 29.1 Å². The molecule has 2 N–H and O–H groups in total. The van der Waals surface area contributed by atoms with Crippen LogP contribution in [-0.2, 0) is 24.1 Å². The predicted molar refractivity (Wildman–Crippen MR) is 107 cm³/mol. The van der Waals surface area contributed by atoms with Crippen LogP contribution in [0.3, 0.4) is 0 Å². The van der Waals surface area contributed by atoms with E-state index in [9.17, 15) is 22.8 Å². The van der Waals surface area contributed by atoms with Crippen molar-refractivity contribution >= 4 is 33.1 Å². The Balaban J connectivity index is 1.34. The van der Waals surface area contributed by atoms with Crippen molar-refractivity contribution in [3.05, 3.63) is 50.9 Å². The summed E-state index contributed by atoms with van der Waals surface area (Å²) in [6.07, 6.45) is -1.09. The molecule has 2 aromatic heterocycles. The fourth-order valence-electron chi connectivity index (χ4n) is 3.42. The summed E-state index contributed by atoms with van der Waals surface area (Å²) in [7, 11) is 0. The van der Waals surface area contributed by atoms with Crippen molar-refractivity contribution in [3.8, 4) is 5.75 Å². The quantitative estimate of drug-likeness (QED) is 0.611. The van der Waals surface area contributed by atoms with E-state index in [0.29, 0.717) is 21.7 Å². The van der Waals surface area contributed by atoms with Crippen LogP contribution in [0.1, 0.15) is 29.1 Å². The molecule has 1 aliphatic rings. The molecule has 3 aromatic rings. The summed E-state index contributed by atoms with van der Waals surface area (Å²) in [5, 5.41) is 3.34. The molecule has 10 heteroatoms. The number of carbonyl (C=O) groups is 1. The van der Waals surface area contributed by atoms with Gasteiger partial charge in [-0.25, -0.2) is 4.98 Å². The lowest BCUT2D eigenvalue weighted by molar-refractivity contribution is -0.153. The third-order valence-corrected chi connectivity index (χ3v) is 5.94. The van der Waals surface area contributed by atoms with Crippen LogP contribution in [0.2, 0.25) is 0 Å². The maximum absolute atomic E-state index is 12.4. The molecule has 0 unspecified atom stereocenters. The Bertz CT molecular complexity index is 1140. The summed E-state index contributed by atoms with van der Waals surface area (Å²) in [6, 6.07) is 5.63. The second-order valence-corrected chi connectivity index (χ2v) is 8.11. The van der Waals surface area contributed by atoms with E-state index < -0.39 is 12.8 Å². The fourth-order valence-corrected chi connectivity index (χ4v) is 4.70.